The summed E-state index contributed by atoms with van der Waals surface area (Å²) >= 11 is 1.60. The number of carbonyl (C=O) groups is 2. The number of ether oxygens (including phenoxy) is 2. The third-order valence-corrected chi connectivity index (χ3v) is 5.93. The number of amides is 2. The summed E-state index contributed by atoms with van der Waals surface area (Å²) in [7, 11) is 0. The highest BCUT2D eigenvalue weighted by Gasteiger charge is 2.23. The van der Waals surface area contributed by atoms with E-state index in [9.17, 15) is 9.59 Å². The van der Waals surface area contributed by atoms with Gasteiger partial charge in [-0.25, -0.2) is 0 Å². The van der Waals surface area contributed by atoms with Crippen molar-refractivity contribution in [1.29, 1.82) is 0 Å². The molecule has 0 bridgehead atoms. The smallest absolute Gasteiger partial charge is 0.254 e. The summed E-state index contributed by atoms with van der Waals surface area (Å²) in [6, 6.07) is 18.6. The number of hydrogen-bond acceptors (Lipinski definition) is 5. The maximum absolute atomic E-state index is 13.4. The molecule has 2 aromatic carbocycles. The Kier molecular flexibility index (Phi) is 6.87. The summed E-state index contributed by atoms with van der Waals surface area (Å²) in [4.78, 5) is 30.7. The molecule has 0 aliphatic carbocycles. The summed E-state index contributed by atoms with van der Waals surface area (Å²) < 4.78 is 10.9. The highest BCUT2D eigenvalue weighted by molar-refractivity contribution is 7.09. The van der Waals surface area contributed by atoms with Crippen LogP contribution in [0.2, 0.25) is 0 Å². The van der Waals surface area contributed by atoms with Gasteiger partial charge in [-0.15, -0.1) is 17.9 Å². The second kappa shape index (κ2) is 10.2. The van der Waals surface area contributed by atoms with Crippen LogP contribution in [0, 0.1) is 0 Å². The molecule has 32 heavy (non-hydrogen) atoms. The Morgan fingerprint density at radius 1 is 0.969 bits per heavy atom. The second-order valence-electron chi connectivity index (χ2n) is 7.36. The van der Waals surface area contributed by atoms with Gasteiger partial charge < -0.3 is 19.3 Å². The van der Waals surface area contributed by atoms with E-state index >= 15 is 0 Å². The SMILES string of the molecule is C=CCN(CC(=O)N(Cc1ccc2c(c1)OCO2)Cc1cccs1)C(=O)c1ccccc1. The van der Waals surface area contributed by atoms with Crippen LogP contribution in [0.1, 0.15) is 20.8 Å². The molecule has 1 aliphatic heterocycles. The van der Waals surface area contributed by atoms with Crippen molar-refractivity contribution >= 4 is 23.2 Å². The van der Waals surface area contributed by atoms with Crippen LogP contribution in [0.5, 0.6) is 11.5 Å². The highest BCUT2D eigenvalue weighted by atomic mass is 32.1. The van der Waals surface area contributed by atoms with Gasteiger partial charge in [0.05, 0.1) is 6.54 Å². The molecule has 164 valence electrons. The first kappa shape index (κ1) is 21.6. The zero-order valence-corrected chi connectivity index (χ0v) is 18.4. The molecule has 1 aromatic heterocycles. The van der Waals surface area contributed by atoms with Crippen LogP contribution in [0.3, 0.4) is 0 Å². The van der Waals surface area contributed by atoms with E-state index in [2.05, 4.69) is 6.58 Å². The molecule has 0 spiro atoms. The first-order valence-corrected chi connectivity index (χ1v) is 11.2. The zero-order valence-electron chi connectivity index (χ0n) is 17.6. The molecule has 0 atom stereocenters. The van der Waals surface area contributed by atoms with E-state index in [0.29, 0.717) is 30.2 Å². The maximum atomic E-state index is 13.4. The van der Waals surface area contributed by atoms with Crippen LogP contribution in [0.25, 0.3) is 0 Å². The van der Waals surface area contributed by atoms with Crippen molar-refractivity contribution < 1.29 is 19.1 Å². The second-order valence-corrected chi connectivity index (χ2v) is 8.39. The van der Waals surface area contributed by atoms with Crippen molar-refractivity contribution in [2.24, 2.45) is 0 Å². The molecule has 0 unspecified atom stereocenters. The van der Waals surface area contributed by atoms with Crippen LogP contribution in [-0.2, 0) is 17.9 Å². The Bertz CT molecular complexity index is 1080. The van der Waals surface area contributed by atoms with Crippen LogP contribution < -0.4 is 9.47 Å². The Morgan fingerprint density at radius 2 is 1.78 bits per heavy atom. The van der Waals surface area contributed by atoms with Crippen molar-refractivity contribution in [3.8, 4) is 11.5 Å². The summed E-state index contributed by atoms with van der Waals surface area (Å²) in [6.07, 6.45) is 1.63. The number of carbonyl (C=O) groups excluding carboxylic acids is 2. The fourth-order valence-electron chi connectivity index (χ4n) is 3.48. The summed E-state index contributed by atoms with van der Waals surface area (Å²) in [6.45, 7) is 5.07. The number of thiophene rings is 1. The van der Waals surface area contributed by atoms with Gasteiger partial charge in [0.15, 0.2) is 11.5 Å². The van der Waals surface area contributed by atoms with E-state index in [-0.39, 0.29) is 31.7 Å². The highest BCUT2D eigenvalue weighted by Crippen LogP contribution is 2.33. The van der Waals surface area contributed by atoms with Gasteiger partial charge in [-0.1, -0.05) is 36.4 Å². The van der Waals surface area contributed by atoms with Crippen LogP contribution in [0.4, 0.5) is 0 Å². The quantitative estimate of drug-likeness (QED) is 0.457. The predicted octanol–water partition coefficient (Wildman–Crippen LogP) is 4.33. The molecule has 1 aliphatic rings. The van der Waals surface area contributed by atoms with Crippen LogP contribution in [-0.4, -0.2) is 41.5 Å². The number of benzene rings is 2. The molecule has 0 saturated heterocycles. The molecule has 2 amide bonds. The summed E-state index contributed by atoms with van der Waals surface area (Å²) in [5.74, 6) is 1.05. The van der Waals surface area contributed by atoms with Gasteiger partial charge in [-0.2, -0.15) is 0 Å². The summed E-state index contributed by atoms with van der Waals surface area (Å²) in [5.41, 5.74) is 1.48. The average molecular weight is 449 g/mol. The molecule has 2 heterocycles. The number of fused-ring (bicyclic) bond motifs is 1. The van der Waals surface area contributed by atoms with Crippen molar-refractivity contribution in [1.82, 2.24) is 9.80 Å². The normalized spacial score (nSPS) is 11.8. The van der Waals surface area contributed by atoms with Crippen molar-refractivity contribution in [2.45, 2.75) is 13.1 Å². The fourth-order valence-corrected chi connectivity index (χ4v) is 4.20. The Hall–Kier alpha value is -3.58. The number of rotatable bonds is 9. The lowest BCUT2D eigenvalue weighted by molar-refractivity contribution is -0.133. The Labute approximate surface area is 191 Å². The number of nitrogens with zero attached hydrogens (tertiary/aromatic N) is 2. The molecule has 6 nitrogen and oxygen atoms in total. The molecule has 0 fully saturated rings. The van der Waals surface area contributed by atoms with Gasteiger partial charge >= 0.3 is 0 Å². The monoisotopic (exact) mass is 448 g/mol. The first-order chi connectivity index (χ1) is 15.6. The van der Waals surface area contributed by atoms with E-state index in [1.165, 1.54) is 4.90 Å². The molecule has 0 saturated carbocycles. The van der Waals surface area contributed by atoms with E-state index in [1.807, 2.05) is 53.9 Å². The van der Waals surface area contributed by atoms with E-state index in [4.69, 9.17) is 9.47 Å². The molecule has 0 N–H and O–H groups in total. The molecule has 3 aromatic rings. The summed E-state index contributed by atoms with van der Waals surface area (Å²) in [5, 5.41) is 1.99. The Morgan fingerprint density at radius 3 is 2.53 bits per heavy atom. The van der Waals surface area contributed by atoms with Gasteiger partial charge in [0, 0.05) is 23.5 Å². The van der Waals surface area contributed by atoms with Gasteiger partial charge in [0.2, 0.25) is 12.7 Å². The number of hydrogen-bond donors (Lipinski definition) is 0. The van der Waals surface area contributed by atoms with Crippen molar-refractivity contribution in [3.05, 3.63) is 94.7 Å². The third-order valence-electron chi connectivity index (χ3n) is 5.07. The van der Waals surface area contributed by atoms with E-state index < -0.39 is 0 Å². The lowest BCUT2D eigenvalue weighted by atomic mass is 10.1. The minimum Gasteiger partial charge on any atom is -0.454 e. The standard InChI is InChI=1S/C25H24N2O4S/c1-2-12-26(25(29)20-7-4-3-5-8-20)17-24(28)27(16-21-9-6-13-32-21)15-19-10-11-22-23(14-19)31-18-30-22/h2-11,13-14H,1,12,15-18H2. The van der Waals surface area contributed by atoms with E-state index in [0.717, 1.165) is 10.4 Å². The minimum absolute atomic E-state index is 0.0321. The molecule has 7 heteroatoms. The van der Waals surface area contributed by atoms with Crippen molar-refractivity contribution in [3.63, 3.8) is 0 Å². The molecule has 4 rings (SSSR count). The van der Waals surface area contributed by atoms with Crippen LogP contribution in [0.15, 0.2) is 78.7 Å². The van der Waals surface area contributed by atoms with E-state index in [1.54, 1.807) is 34.4 Å². The van der Waals surface area contributed by atoms with Crippen LogP contribution >= 0.6 is 11.3 Å². The largest absolute Gasteiger partial charge is 0.454 e. The lowest BCUT2D eigenvalue weighted by Gasteiger charge is -2.27. The molecule has 0 radical (unpaired) electrons. The van der Waals surface area contributed by atoms with Gasteiger partial charge in [0.25, 0.3) is 5.91 Å². The van der Waals surface area contributed by atoms with Crippen molar-refractivity contribution in [2.75, 3.05) is 19.9 Å². The minimum atomic E-state index is -0.196. The lowest BCUT2D eigenvalue weighted by Crippen LogP contribution is -2.42. The Balaban J connectivity index is 1.53. The average Bonchev–Trinajstić information content (AvgIpc) is 3.50. The van der Waals surface area contributed by atoms with Gasteiger partial charge in [-0.3, -0.25) is 9.59 Å². The molecular formula is C25H24N2O4S. The fraction of sp³-hybridized carbons (Fsp3) is 0.200. The topological polar surface area (TPSA) is 59.1 Å². The zero-order chi connectivity index (χ0) is 22.3. The molecular weight excluding hydrogens is 424 g/mol. The third kappa shape index (κ3) is 5.18. The predicted molar refractivity (Wildman–Crippen MR) is 124 cm³/mol. The van der Waals surface area contributed by atoms with Gasteiger partial charge in [0.1, 0.15) is 6.54 Å². The first-order valence-electron chi connectivity index (χ1n) is 10.3. The van der Waals surface area contributed by atoms with Gasteiger partial charge in [-0.05, 0) is 41.3 Å². The maximum Gasteiger partial charge on any atom is 0.254 e.